The molecule has 1 aliphatic rings. The molecule has 1 saturated heterocycles. The lowest BCUT2D eigenvalue weighted by molar-refractivity contribution is 0.0442. The van der Waals surface area contributed by atoms with Crippen molar-refractivity contribution >= 4 is 0 Å². The maximum Gasteiger partial charge on any atom is 0.147 e. The molecule has 0 aromatic carbocycles. The van der Waals surface area contributed by atoms with Gasteiger partial charge in [0.1, 0.15) is 6.79 Å². The minimum atomic E-state index is 0.353. The minimum absolute atomic E-state index is 0.353. The first kappa shape index (κ1) is 7.03. The summed E-state index contributed by atoms with van der Waals surface area (Å²) < 4.78 is 10.2. The molecule has 1 radical (unpaired) electrons. The second kappa shape index (κ2) is 3.85. The van der Waals surface area contributed by atoms with Crippen LogP contribution in [0.5, 0.6) is 0 Å². The van der Waals surface area contributed by atoms with Crippen molar-refractivity contribution in [2.75, 3.05) is 13.4 Å². The van der Waals surface area contributed by atoms with E-state index >= 15 is 0 Å². The summed E-state index contributed by atoms with van der Waals surface area (Å²) >= 11 is 0. The monoisotopic (exact) mass is 129 g/mol. The molecule has 0 aromatic heterocycles. The fraction of sp³-hybridized carbons (Fsp3) is 0.857. The quantitative estimate of drug-likeness (QED) is 0.573. The van der Waals surface area contributed by atoms with Gasteiger partial charge in [-0.2, -0.15) is 0 Å². The van der Waals surface area contributed by atoms with Crippen LogP contribution in [0, 0.1) is 6.92 Å². The van der Waals surface area contributed by atoms with Crippen molar-refractivity contribution in [1.29, 1.82) is 0 Å². The van der Waals surface area contributed by atoms with Gasteiger partial charge in [-0.3, -0.25) is 0 Å². The van der Waals surface area contributed by atoms with Gasteiger partial charge in [0.2, 0.25) is 0 Å². The SMILES string of the molecule is [CH2]CCCC1COCO1. The zero-order valence-corrected chi connectivity index (χ0v) is 5.64. The fourth-order valence-electron chi connectivity index (χ4n) is 0.911. The zero-order chi connectivity index (χ0) is 6.53. The van der Waals surface area contributed by atoms with Crippen LogP contribution in [-0.2, 0) is 9.47 Å². The number of hydrogen-bond acceptors (Lipinski definition) is 2. The molecule has 1 heterocycles. The molecule has 1 atom stereocenters. The molecule has 53 valence electrons. The number of rotatable bonds is 3. The number of ether oxygens (including phenoxy) is 2. The Morgan fingerprint density at radius 1 is 1.56 bits per heavy atom. The molecule has 2 nitrogen and oxygen atoms in total. The Bertz CT molecular complexity index is 67.3. The van der Waals surface area contributed by atoms with Crippen LogP contribution >= 0.6 is 0 Å². The molecule has 1 aliphatic heterocycles. The first-order valence-electron chi connectivity index (χ1n) is 3.42. The summed E-state index contributed by atoms with van der Waals surface area (Å²) in [6.07, 6.45) is 3.60. The van der Waals surface area contributed by atoms with E-state index in [9.17, 15) is 0 Å². The highest BCUT2D eigenvalue weighted by Gasteiger charge is 2.14. The van der Waals surface area contributed by atoms with Gasteiger partial charge in [0.15, 0.2) is 0 Å². The molecule has 1 rings (SSSR count). The summed E-state index contributed by atoms with van der Waals surface area (Å²) in [5, 5.41) is 0. The Kier molecular flexibility index (Phi) is 3.01. The Morgan fingerprint density at radius 2 is 2.44 bits per heavy atom. The summed E-state index contributed by atoms with van der Waals surface area (Å²) in [5.41, 5.74) is 0. The van der Waals surface area contributed by atoms with Crippen molar-refractivity contribution in [3.8, 4) is 0 Å². The summed E-state index contributed by atoms with van der Waals surface area (Å²) in [4.78, 5) is 0. The molecule has 9 heavy (non-hydrogen) atoms. The van der Waals surface area contributed by atoms with Crippen LogP contribution in [0.4, 0.5) is 0 Å². The van der Waals surface area contributed by atoms with Crippen LogP contribution in [0.1, 0.15) is 19.3 Å². The van der Waals surface area contributed by atoms with Gasteiger partial charge >= 0.3 is 0 Å². The van der Waals surface area contributed by atoms with Crippen LogP contribution in [-0.4, -0.2) is 19.5 Å². The van der Waals surface area contributed by atoms with E-state index < -0.39 is 0 Å². The van der Waals surface area contributed by atoms with E-state index in [1.165, 1.54) is 0 Å². The Balaban J connectivity index is 1.98. The highest BCUT2D eigenvalue weighted by molar-refractivity contribution is 4.59. The molecule has 0 aromatic rings. The zero-order valence-electron chi connectivity index (χ0n) is 5.64. The van der Waals surface area contributed by atoms with Gasteiger partial charge in [-0.05, 0) is 6.42 Å². The third kappa shape index (κ3) is 2.33. The average molecular weight is 129 g/mol. The lowest BCUT2D eigenvalue weighted by atomic mass is 10.2. The van der Waals surface area contributed by atoms with Crippen molar-refractivity contribution in [2.24, 2.45) is 0 Å². The van der Waals surface area contributed by atoms with Crippen molar-refractivity contribution in [3.63, 3.8) is 0 Å². The fourth-order valence-corrected chi connectivity index (χ4v) is 0.911. The third-order valence-electron chi connectivity index (χ3n) is 1.47. The van der Waals surface area contributed by atoms with Gasteiger partial charge in [-0.15, -0.1) is 0 Å². The average Bonchev–Trinajstić information content (AvgIpc) is 2.34. The third-order valence-corrected chi connectivity index (χ3v) is 1.47. The lowest BCUT2D eigenvalue weighted by Crippen LogP contribution is -2.08. The van der Waals surface area contributed by atoms with Gasteiger partial charge in [-0.1, -0.05) is 19.8 Å². The Morgan fingerprint density at radius 3 is 3.00 bits per heavy atom. The van der Waals surface area contributed by atoms with E-state index in [0.717, 1.165) is 25.9 Å². The molecule has 1 unspecified atom stereocenters. The second-order valence-corrected chi connectivity index (χ2v) is 2.27. The van der Waals surface area contributed by atoms with Crippen LogP contribution in [0.15, 0.2) is 0 Å². The van der Waals surface area contributed by atoms with E-state index in [4.69, 9.17) is 9.47 Å². The van der Waals surface area contributed by atoms with Gasteiger partial charge in [-0.25, -0.2) is 0 Å². The van der Waals surface area contributed by atoms with Crippen LogP contribution in [0.25, 0.3) is 0 Å². The highest BCUT2D eigenvalue weighted by Crippen LogP contribution is 2.09. The Labute approximate surface area is 56.2 Å². The second-order valence-electron chi connectivity index (χ2n) is 2.27. The van der Waals surface area contributed by atoms with Crippen molar-refractivity contribution < 1.29 is 9.47 Å². The maximum atomic E-state index is 5.20. The maximum absolute atomic E-state index is 5.20. The standard InChI is InChI=1S/C7H13O2/c1-2-3-4-7-5-8-6-9-7/h7H,1-6H2. The molecule has 0 bridgehead atoms. The predicted octanol–water partition coefficient (Wildman–Crippen LogP) is 1.36. The lowest BCUT2D eigenvalue weighted by Gasteiger charge is -2.03. The molecular formula is C7H13O2. The first-order valence-corrected chi connectivity index (χ1v) is 3.42. The van der Waals surface area contributed by atoms with Gasteiger partial charge in [0, 0.05) is 0 Å². The van der Waals surface area contributed by atoms with E-state index in [2.05, 4.69) is 6.92 Å². The molecule has 0 N–H and O–H groups in total. The number of hydrogen-bond donors (Lipinski definition) is 0. The Hall–Kier alpha value is -0.0800. The molecule has 1 fully saturated rings. The molecule has 0 spiro atoms. The van der Waals surface area contributed by atoms with Crippen molar-refractivity contribution in [2.45, 2.75) is 25.4 Å². The molecule has 0 amide bonds. The van der Waals surface area contributed by atoms with Crippen molar-refractivity contribution in [1.82, 2.24) is 0 Å². The highest BCUT2D eigenvalue weighted by atomic mass is 16.7. The normalized spacial score (nSPS) is 27.0. The van der Waals surface area contributed by atoms with Crippen LogP contribution < -0.4 is 0 Å². The largest absolute Gasteiger partial charge is 0.353 e. The van der Waals surface area contributed by atoms with Crippen LogP contribution in [0.3, 0.4) is 0 Å². The molecule has 0 aliphatic carbocycles. The van der Waals surface area contributed by atoms with E-state index in [1.807, 2.05) is 0 Å². The molecular weight excluding hydrogens is 116 g/mol. The van der Waals surface area contributed by atoms with Gasteiger partial charge < -0.3 is 9.47 Å². The van der Waals surface area contributed by atoms with Crippen molar-refractivity contribution in [3.05, 3.63) is 6.92 Å². The summed E-state index contributed by atoms with van der Waals surface area (Å²) in [6, 6.07) is 0. The van der Waals surface area contributed by atoms with Crippen LogP contribution in [0.2, 0.25) is 0 Å². The summed E-state index contributed by atoms with van der Waals surface area (Å²) in [6.45, 7) is 5.02. The topological polar surface area (TPSA) is 18.5 Å². The first-order chi connectivity index (χ1) is 4.43. The van der Waals surface area contributed by atoms with E-state index in [1.54, 1.807) is 0 Å². The van der Waals surface area contributed by atoms with E-state index in [-0.39, 0.29) is 0 Å². The summed E-state index contributed by atoms with van der Waals surface area (Å²) in [7, 11) is 0. The van der Waals surface area contributed by atoms with E-state index in [0.29, 0.717) is 12.9 Å². The summed E-state index contributed by atoms with van der Waals surface area (Å²) in [5.74, 6) is 0. The smallest absolute Gasteiger partial charge is 0.147 e. The molecule has 0 saturated carbocycles. The van der Waals surface area contributed by atoms with Gasteiger partial charge in [0.25, 0.3) is 0 Å². The van der Waals surface area contributed by atoms with Gasteiger partial charge in [0.05, 0.1) is 12.7 Å². The predicted molar refractivity (Wildman–Crippen MR) is 34.9 cm³/mol. The molecule has 2 heteroatoms. The number of unbranched alkanes of at least 4 members (excludes halogenated alkanes) is 1. The minimum Gasteiger partial charge on any atom is -0.353 e.